The number of thiol groups is 1. The van der Waals surface area contributed by atoms with Gasteiger partial charge in [-0.2, -0.15) is 12.6 Å². The highest BCUT2D eigenvalue weighted by molar-refractivity contribution is 7.80. The largest absolute Gasteiger partial charge is 0.316 e. The minimum Gasteiger partial charge on any atom is -0.316 e. The first-order valence-corrected chi connectivity index (χ1v) is 4.55. The average molecular weight is 181 g/mol. The van der Waals surface area contributed by atoms with E-state index >= 15 is 0 Å². The van der Waals surface area contributed by atoms with Crippen LogP contribution < -0.4 is 5.73 Å². The SMILES string of the molecule is Cc1cc(C)c(C(N)S)c(C)c1. The van der Waals surface area contributed by atoms with Crippen LogP contribution in [0, 0.1) is 20.8 Å². The fourth-order valence-corrected chi connectivity index (χ4v) is 2.06. The Hall–Kier alpha value is -0.470. The Balaban J connectivity index is 3.28. The first kappa shape index (κ1) is 9.62. The Kier molecular flexibility index (Phi) is 2.80. The molecule has 2 N–H and O–H groups in total. The topological polar surface area (TPSA) is 26.0 Å². The summed E-state index contributed by atoms with van der Waals surface area (Å²) in [5.41, 5.74) is 10.6. The molecule has 0 heterocycles. The standard InChI is InChI=1S/C10H15NS/c1-6-4-7(2)9(10(11)12)8(3)5-6/h4-5,10,12H,11H2,1-3H3. The smallest absolute Gasteiger partial charge is 0.0739 e. The van der Waals surface area contributed by atoms with Crippen LogP contribution in [-0.4, -0.2) is 0 Å². The zero-order valence-corrected chi connectivity index (χ0v) is 8.65. The van der Waals surface area contributed by atoms with E-state index in [2.05, 4.69) is 45.5 Å². The van der Waals surface area contributed by atoms with Crippen LogP contribution in [0.15, 0.2) is 12.1 Å². The van der Waals surface area contributed by atoms with Crippen molar-refractivity contribution in [2.75, 3.05) is 0 Å². The Bertz CT molecular complexity index is 269. The molecule has 0 amide bonds. The number of nitrogens with two attached hydrogens (primary N) is 1. The molecule has 0 aliphatic heterocycles. The quantitative estimate of drug-likeness (QED) is 0.505. The lowest BCUT2D eigenvalue weighted by Crippen LogP contribution is -2.06. The van der Waals surface area contributed by atoms with Crippen LogP contribution >= 0.6 is 12.6 Å². The van der Waals surface area contributed by atoms with E-state index in [4.69, 9.17) is 5.73 Å². The predicted octanol–water partition coefficient (Wildman–Crippen LogP) is 2.50. The fraction of sp³-hybridized carbons (Fsp3) is 0.400. The minimum absolute atomic E-state index is 0.161. The molecule has 0 aromatic heterocycles. The van der Waals surface area contributed by atoms with E-state index in [0.717, 1.165) is 5.56 Å². The summed E-state index contributed by atoms with van der Waals surface area (Å²) >= 11 is 4.24. The summed E-state index contributed by atoms with van der Waals surface area (Å²) in [6, 6.07) is 4.27. The maximum Gasteiger partial charge on any atom is 0.0739 e. The van der Waals surface area contributed by atoms with Crippen molar-refractivity contribution in [3.8, 4) is 0 Å². The Morgan fingerprint density at radius 1 is 1.17 bits per heavy atom. The van der Waals surface area contributed by atoms with Crippen LogP contribution in [0.3, 0.4) is 0 Å². The molecular weight excluding hydrogens is 166 g/mol. The van der Waals surface area contributed by atoms with Gasteiger partial charge in [-0.05, 0) is 37.5 Å². The summed E-state index contributed by atoms with van der Waals surface area (Å²) in [5, 5.41) is -0.161. The summed E-state index contributed by atoms with van der Waals surface area (Å²) in [6.45, 7) is 6.24. The van der Waals surface area contributed by atoms with Gasteiger partial charge in [0.25, 0.3) is 0 Å². The third-order valence-electron chi connectivity index (χ3n) is 2.03. The second kappa shape index (κ2) is 3.50. The van der Waals surface area contributed by atoms with Crippen molar-refractivity contribution in [3.05, 3.63) is 34.4 Å². The van der Waals surface area contributed by atoms with Gasteiger partial charge in [0.05, 0.1) is 5.37 Å². The number of hydrogen-bond acceptors (Lipinski definition) is 2. The third-order valence-corrected chi connectivity index (χ3v) is 2.29. The van der Waals surface area contributed by atoms with E-state index in [9.17, 15) is 0 Å². The molecule has 0 saturated carbocycles. The molecule has 0 aliphatic carbocycles. The van der Waals surface area contributed by atoms with E-state index < -0.39 is 0 Å². The lowest BCUT2D eigenvalue weighted by atomic mass is 10.00. The number of rotatable bonds is 1. The molecule has 1 nitrogen and oxygen atoms in total. The van der Waals surface area contributed by atoms with Gasteiger partial charge < -0.3 is 5.73 Å². The molecule has 0 radical (unpaired) electrons. The zero-order valence-electron chi connectivity index (χ0n) is 7.76. The second-order valence-electron chi connectivity index (χ2n) is 3.26. The fourth-order valence-electron chi connectivity index (χ4n) is 1.66. The molecule has 66 valence electrons. The van der Waals surface area contributed by atoms with Gasteiger partial charge in [-0.1, -0.05) is 17.7 Å². The van der Waals surface area contributed by atoms with Crippen molar-refractivity contribution in [1.29, 1.82) is 0 Å². The first-order chi connectivity index (χ1) is 5.52. The van der Waals surface area contributed by atoms with Crippen molar-refractivity contribution in [1.82, 2.24) is 0 Å². The maximum atomic E-state index is 5.73. The maximum absolute atomic E-state index is 5.73. The molecular formula is C10H15NS. The molecule has 1 aromatic carbocycles. The summed E-state index contributed by atoms with van der Waals surface area (Å²) < 4.78 is 0. The highest BCUT2D eigenvalue weighted by Crippen LogP contribution is 2.23. The highest BCUT2D eigenvalue weighted by Gasteiger charge is 2.07. The molecule has 0 aliphatic rings. The van der Waals surface area contributed by atoms with Gasteiger partial charge >= 0.3 is 0 Å². The van der Waals surface area contributed by atoms with Gasteiger partial charge in [-0.3, -0.25) is 0 Å². The van der Waals surface area contributed by atoms with Crippen LogP contribution in [0.25, 0.3) is 0 Å². The van der Waals surface area contributed by atoms with Gasteiger partial charge in [0, 0.05) is 0 Å². The molecule has 0 bridgehead atoms. The molecule has 12 heavy (non-hydrogen) atoms. The van der Waals surface area contributed by atoms with Crippen molar-refractivity contribution in [2.24, 2.45) is 5.73 Å². The summed E-state index contributed by atoms with van der Waals surface area (Å²) in [6.07, 6.45) is 0. The number of aryl methyl sites for hydroxylation is 3. The van der Waals surface area contributed by atoms with Gasteiger partial charge in [0.15, 0.2) is 0 Å². The molecule has 0 spiro atoms. The van der Waals surface area contributed by atoms with Crippen molar-refractivity contribution in [3.63, 3.8) is 0 Å². The van der Waals surface area contributed by atoms with Crippen LogP contribution in [0.1, 0.15) is 27.6 Å². The van der Waals surface area contributed by atoms with Gasteiger partial charge in [0.2, 0.25) is 0 Å². The van der Waals surface area contributed by atoms with E-state index in [1.165, 1.54) is 16.7 Å². The molecule has 1 unspecified atom stereocenters. The highest BCUT2D eigenvalue weighted by atomic mass is 32.1. The molecule has 2 heteroatoms. The van der Waals surface area contributed by atoms with Gasteiger partial charge in [-0.25, -0.2) is 0 Å². The van der Waals surface area contributed by atoms with Crippen molar-refractivity contribution in [2.45, 2.75) is 26.1 Å². The lowest BCUT2D eigenvalue weighted by Gasteiger charge is -2.13. The molecule has 0 saturated heterocycles. The number of hydrogen-bond donors (Lipinski definition) is 2. The summed E-state index contributed by atoms with van der Waals surface area (Å²) in [7, 11) is 0. The first-order valence-electron chi connectivity index (χ1n) is 4.03. The van der Waals surface area contributed by atoms with E-state index in [0.29, 0.717) is 0 Å². The van der Waals surface area contributed by atoms with Crippen LogP contribution in [0.4, 0.5) is 0 Å². The zero-order chi connectivity index (χ0) is 9.30. The van der Waals surface area contributed by atoms with E-state index in [1.54, 1.807) is 0 Å². The van der Waals surface area contributed by atoms with Crippen LogP contribution in [-0.2, 0) is 0 Å². The molecule has 0 fully saturated rings. The normalized spacial score (nSPS) is 13.1. The molecule has 1 atom stereocenters. The van der Waals surface area contributed by atoms with Gasteiger partial charge in [0.1, 0.15) is 0 Å². The summed E-state index contributed by atoms with van der Waals surface area (Å²) in [5.74, 6) is 0. The molecule has 1 aromatic rings. The predicted molar refractivity (Wildman–Crippen MR) is 56.6 cm³/mol. The Labute approximate surface area is 79.4 Å². The average Bonchev–Trinajstić information content (AvgIpc) is 1.82. The molecule has 1 rings (SSSR count). The Morgan fingerprint density at radius 2 is 1.58 bits per heavy atom. The number of benzene rings is 1. The van der Waals surface area contributed by atoms with Gasteiger partial charge in [-0.15, -0.1) is 0 Å². The van der Waals surface area contributed by atoms with Crippen LogP contribution in [0.2, 0.25) is 0 Å². The minimum atomic E-state index is -0.161. The second-order valence-corrected chi connectivity index (χ2v) is 3.81. The van der Waals surface area contributed by atoms with E-state index in [-0.39, 0.29) is 5.37 Å². The lowest BCUT2D eigenvalue weighted by molar-refractivity contribution is 1.00. The van der Waals surface area contributed by atoms with Crippen molar-refractivity contribution >= 4 is 12.6 Å². The van der Waals surface area contributed by atoms with E-state index in [1.807, 2.05) is 0 Å². The van der Waals surface area contributed by atoms with Crippen molar-refractivity contribution < 1.29 is 0 Å². The van der Waals surface area contributed by atoms with Crippen LogP contribution in [0.5, 0.6) is 0 Å². The Morgan fingerprint density at radius 3 is 1.92 bits per heavy atom. The summed E-state index contributed by atoms with van der Waals surface area (Å²) in [4.78, 5) is 0. The third kappa shape index (κ3) is 1.82. The monoisotopic (exact) mass is 181 g/mol.